The lowest BCUT2D eigenvalue weighted by molar-refractivity contribution is -0.116. The van der Waals surface area contributed by atoms with E-state index in [-0.39, 0.29) is 24.5 Å². The molecule has 5 nitrogen and oxygen atoms in total. The summed E-state index contributed by atoms with van der Waals surface area (Å²) in [7, 11) is 1.74. The summed E-state index contributed by atoms with van der Waals surface area (Å²) in [6, 6.07) is 6.94. The van der Waals surface area contributed by atoms with Gasteiger partial charge in [0.1, 0.15) is 5.82 Å². The van der Waals surface area contributed by atoms with Crippen molar-refractivity contribution < 1.29 is 14.0 Å². The number of benzene rings is 1. The van der Waals surface area contributed by atoms with Crippen molar-refractivity contribution >= 4 is 17.5 Å². The molecule has 1 aromatic heterocycles. The van der Waals surface area contributed by atoms with E-state index in [1.54, 1.807) is 24.0 Å². The second kappa shape index (κ2) is 6.10. The molecular weight excluding hydrogens is 261 g/mol. The molecule has 0 bridgehead atoms. The summed E-state index contributed by atoms with van der Waals surface area (Å²) < 4.78 is 14.3. The molecule has 104 valence electrons. The summed E-state index contributed by atoms with van der Waals surface area (Å²) >= 11 is 0. The average Bonchev–Trinajstić information content (AvgIpc) is 2.82. The molecule has 0 atom stereocenters. The Morgan fingerprint density at radius 1 is 1.20 bits per heavy atom. The highest BCUT2D eigenvalue weighted by atomic mass is 19.1. The van der Waals surface area contributed by atoms with Crippen molar-refractivity contribution in [3.05, 3.63) is 47.9 Å². The highest BCUT2D eigenvalue weighted by molar-refractivity contribution is 5.99. The zero-order valence-corrected chi connectivity index (χ0v) is 11.0. The summed E-state index contributed by atoms with van der Waals surface area (Å²) in [5.41, 5.74) is 0.400. The van der Waals surface area contributed by atoms with E-state index < -0.39 is 5.82 Å². The number of hydrogen-bond donors (Lipinski definition) is 1. The number of Topliss-reactive ketones (excluding diaryl/α,β-unsaturated/α-hetero) is 1. The van der Waals surface area contributed by atoms with Crippen molar-refractivity contribution in [3.63, 3.8) is 0 Å². The third-order valence-electron chi connectivity index (χ3n) is 2.73. The van der Waals surface area contributed by atoms with Crippen LogP contribution in [-0.2, 0) is 11.8 Å². The lowest BCUT2D eigenvalue weighted by atomic mass is 10.1. The van der Waals surface area contributed by atoms with Gasteiger partial charge in [0.05, 0.1) is 0 Å². The lowest BCUT2D eigenvalue weighted by Crippen LogP contribution is -2.14. The second-order valence-corrected chi connectivity index (χ2v) is 4.35. The molecule has 1 heterocycles. The van der Waals surface area contributed by atoms with E-state index in [1.165, 1.54) is 24.3 Å². The number of nitrogens with one attached hydrogen (secondary N) is 1. The quantitative estimate of drug-likeness (QED) is 0.850. The molecule has 1 amide bonds. The maximum Gasteiger partial charge on any atom is 0.226 e. The van der Waals surface area contributed by atoms with Crippen molar-refractivity contribution in [2.45, 2.75) is 12.8 Å². The first-order valence-corrected chi connectivity index (χ1v) is 6.13. The summed E-state index contributed by atoms with van der Waals surface area (Å²) in [6.07, 6.45) is 1.84. The fourth-order valence-electron chi connectivity index (χ4n) is 1.69. The normalized spacial score (nSPS) is 10.3. The van der Waals surface area contributed by atoms with Crippen LogP contribution in [0, 0.1) is 5.82 Å². The summed E-state index contributed by atoms with van der Waals surface area (Å²) in [4.78, 5) is 23.4. The van der Waals surface area contributed by atoms with Crippen LogP contribution in [0.25, 0.3) is 0 Å². The van der Waals surface area contributed by atoms with E-state index in [9.17, 15) is 14.0 Å². The van der Waals surface area contributed by atoms with Crippen LogP contribution in [0.1, 0.15) is 23.2 Å². The smallest absolute Gasteiger partial charge is 0.226 e. The van der Waals surface area contributed by atoms with Crippen LogP contribution in [0.15, 0.2) is 36.5 Å². The van der Waals surface area contributed by atoms with Gasteiger partial charge in [-0.25, -0.2) is 4.39 Å². The van der Waals surface area contributed by atoms with Crippen molar-refractivity contribution in [1.29, 1.82) is 0 Å². The number of halogens is 1. The summed E-state index contributed by atoms with van der Waals surface area (Å²) in [6.45, 7) is 0. The molecule has 2 aromatic rings. The van der Waals surface area contributed by atoms with Crippen molar-refractivity contribution in [2.75, 3.05) is 5.32 Å². The number of nitrogens with zero attached hydrogens (tertiary/aromatic N) is 2. The van der Waals surface area contributed by atoms with Gasteiger partial charge in [0.25, 0.3) is 0 Å². The summed E-state index contributed by atoms with van der Waals surface area (Å²) in [5.74, 6) is -0.415. The maximum atomic E-state index is 12.7. The van der Waals surface area contributed by atoms with Crippen molar-refractivity contribution in [2.24, 2.45) is 7.05 Å². The molecule has 0 aliphatic carbocycles. The fraction of sp³-hybridized carbons (Fsp3) is 0.214. The van der Waals surface area contributed by atoms with Crippen LogP contribution in [0.4, 0.5) is 10.2 Å². The van der Waals surface area contributed by atoms with Gasteiger partial charge < -0.3 is 5.32 Å². The van der Waals surface area contributed by atoms with Crippen molar-refractivity contribution in [3.8, 4) is 0 Å². The predicted molar refractivity (Wildman–Crippen MR) is 71.8 cm³/mol. The van der Waals surface area contributed by atoms with Gasteiger partial charge in [0.15, 0.2) is 11.6 Å². The molecule has 1 N–H and O–H groups in total. The zero-order chi connectivity index (χ0) is 14.5. The maximum absolute atomic E-state index is 12.7. The van der Waals surface area contributed by atoms with E-state index >= 15 is 0 Å². The standard InChI is InChI=1S/C14H14FN3O2/c1-18-9-8-13(17-18)16-14(20)7-6-12(19)10-2-4-11(15)5-3-10/h2-5,8-9H,6-7H2,1H3,(H,16,17,20). The minimum atomic E-state index is -0.394. The number of carbonyl (C=O) groups is 2. The number of aryl methyl sites for hydroxylation is 1. The van der Waals surface area contributed by atoms with Gasteiger partial charge in [-0.05, 0) is 24.3 Å². The zero-order valence-electron chi connectivity index (χ0n) is 11.0. The van der Waals surface area contributed by atoms with Gasteiger partial charge >= 0.3 is 0 Å². The van der Waals surface area contributed by atoms with Gasteiger partial charge in [0, 0.05) is 37.7 Å². The number of hydrogen-bond acceptors (Lipinski definition) is 3. The van der Waals surface area contributed by atoms with E-state index in [1.807, 2.05) is 0 Å². The molecule has 0 saturated heterocycles. The minimum Gasteiger partial charge on any atom is -0.309 e. The molecule has 0 saturated carbocycles. The van der Waals surface area contributed by atoms with Crippen LogP contribution >= 0.6 is 0 Å². The number of amides is 1. The molecule has 20 heavy (non-hydrogen) atoms. The third-order valence-corrected chi connectivity index (χ3v) is 2.73. The first-order valence-electron chi connectivity index (χ1n) is 6.13. The van der Waals surface area contributed by atoms with Gasteiger partial charge in [-0.2, -0.15) is 5.10 Å². The molecule has 6 heteroatoms. The second-order valence-electron chi connectivity index (χ2n) is 4.35. The molecule has 0 fully saturated rings. The Morgan fingerprint density at radius 2 is 1.90 bits per heavy atom. The predicted octanol–water partition coefficient (Wildman–Crippen LogP) is 2.16. The molecule has 2 rings (SSSR count). The Morgan fingerprint density at radius 3 is 2.50 bits per heavy atom. The van der Waals surface area contributed by atoms with Crippen LogP contribution < -0.4 is 5.32 Å². The topological polar surface area (TPSA) is 64.0 Å². The van der Waals surface area contributed by atoms with Gasteiger partial charge in [-0.3, -0.25) is 14.3 Å². The number of ketones is 1. The average molecular weight is 275 g/mol. The third kappa shape index (κ3) is 3.74. The van der Waals surface area contributed by atoms with Crippen LogP contribution in [0.3, 0.4) is 0 Å². The molecule has 0 radical (unpaired) electrons. The Hall–Kier alpha value is -2.50. The van der Waals surface area contributed by atoms with E-state index in [2.05, 4.69) is 10.4 Å². The number of rotatable bonds is 5. The lowest BCUT2D eigenvalue weighted by Gasteiger charge is -2.02. The Kier molecular flexibility index (Phi) is 4.24. The summed E-state index contributed by atoms with van der Waals surface area (Å²) in [5, 5.41) is 6.60. The minimum absolute atomic E-state index is 0.0623. The van der Waals surface area contributed by atoms with E-state index in [4.69, 9.17) is 0 Å². The first-order chi connectivity index (χ1) is 9.54. The SMILES string of the molecule is Cn1ccc(NC(=O)CCC(=O)c2ccc(F)cc2)n1. The van der Waals surface area contributed by atoms with E-state index in [0.717, 1.165) is 0 Å². The molecule has 0 spiro atoms. The Balaban J connectivity index is 1.84. The molecule has 1 aromatic carbocycles. The first kappa shape index (κ1) is 13.9. The van der Waals surface area contributed by atoms with Gasteiger partial charge in [-0.1, -0.05) is 0 Å². The number of carbonyl (C=O) groups excluding carboxylic acids is 2. The number of anilines is 1. The molecular formula is C14H14FN3O2. The van der Waals surface area contributed by atoms with Crippen LogP contribution in [0.5, 0.6) is 0 Å². The highest BCUT2D eigenvalue weighted by Gasteiger charge is 2.10. The molecule has 0 aliphatic heterocycles. The fourth-order valence-corrected chi connectivity index (χ4v) is 1.69. The monoisotopic (exact) mass is 275 g/mol. The highest BCUT2D eigenvalue weighted by Crippen LogP contribution is 2.08. The molecule has 0 unspecified atom stereocenters. The van der Waals surface area contributed by atoms with Crippen molar-refractivity contribution in [1.82, 2.24) is 9.78 Å². The molecule has 0 aliphatic rings. The van der Waals surface area contributed by atoms with Gasteiger partial charge in [-0.15, -0.1) is 0 Å². The number of aromatic nitrogens is 2. The Bertz CT molecular complexity index is 620. The van der Waals surface area contributed by atoms with Gasteiger partial charge in [0.2, 0.25) is 5.91 Å². The Labute approximate surface area is 115 Å². The van der Waals surface area contributed by atoms with Crippen LogP contribution in [0.2, 0.25) is 0 Å². The largest absolute Gasteiger partial charge is 0.309 e. The van der Waals surface area contributed by atoms with E-state index in [0.29, 0.717) is 11.4 Å². The van der Waals surface area contributed by atoms with Crippen LogP contribution in [-0.4, -0.2) is 21.5 Å².